The number of carbonyl (C=O) groups is 2. The van der Waals surface area contributed by atoms with E-state index >= 15 is 0 Å². The van der Waals surface area contributed by atoms with E-state index in [0.29, 0.717) is 11.3 Å². The average molecular weight is 378 g/mol. The van der Waals surface area contributed by atoms with Crippen LogP contribution >= 0.6 is 0 Å². The summed E-state index contributed by atoms with van der Waals surface area (Å²) in [6, 6.07) is 16.2. The second kappa shape index (κ2) is 7.56. The minimum atomic E-state index is -0.716. The molecule has 7 heteroatoms. The highest BCUT2D eigenvalue weighted by Gasteiger charge is 2.18. The highest BCUT2D eigenvalue weighted by molar-refractivity contribution is 5.99. The lowest BCUT2D eigenvalue weighted by Gasteiger charge is -2.19. The molecular weight excluding hydrogens is 356 g/mol. The van der Waals surface area contributed by atoms with Crippen molar-refractivity contribution in [1.82, 2.24) is 20.6 Å². The van der Waals surface area contributed by atoms with E-state index in [9.17, 15) is 14.7 Å². The summed E-state index contributed by atoms with van der Waals surface area (Å²) in [4.78, 5) is 24.5. The number of nitrogens with zero attached hydrogens (tertiary/aromatic N) is 2. The van der Waals surface area contributed by atoms with Gasteiger partial charge in [0.25, 0.3) is 11.8 Å². The molecular formula is C21H22N4O3. The molecule has 0 saturated heterocycles. The van der Waals surface area contributed by atoms with Gasteiger partial charge in [-0.25, -0.2) is 4.68 Å². The first-order chi connectivity index (χ1) is 13.3. The van der Waals surface area contributed by atoms with Crippen LogP contribution in [0.4, 0.5) is 0 Å². The van der Waals surface area contributed by atoms with Crippen LogP contribution in [0.1, 0.15) is 47.2 Å². The van der Waals surface area contributed by atoms with Crippen LogP contribution in [0.3, 0.4) is 0 Å². The molecule has 3 rings (SSSR count). The Morgan fingerprint density at radius 1 is 0.929 bits per heavy atom. The van der Waals surface area contributed by atoms with Gasteiger partial charge in [-0.05, 0) is 35.2 Å². The molecule has 0 aliphatic heterocycles. The fraction of sp³-hybridized carbons (Fsp3) is 0.190. The largest absolute Gasteiger partial charge is 0.504 e. The van der Waals surface area contributed by atoms with Crippen LogP contribution in [0, 0.1) is 0 Å². The Morgan fingerprint density at radius 3 is 2.14 bits per heavy atom. The molecule has 28 heavy (non-hydrogen) atoms. The van der Waals surface area contributed by atoms with Crippen molar-refractivity contribution in [2.24, 2.45) is 0 Å². The predicted octanol–water partition coefficient (Wildman–Crippen LogP) is 2.95. The van der Waals surface area contributed by atoms with E-state index in [1.165, 1.54) is 10.9 Å². The van der Waals surface area contributed by atoms with E-state index in [1.54, 1.807) is 24.3 Å². The zero-order chi connectivity index (χ0) is 20.3. The first-order valence-electron chi connectivity index (χ1n) is 8.81. The van der Waals surface area contributed by atoms with Crippen molar-refractivity contribution in [3.63, 3.8) is 0 Å². The van der Waals surface area contributed by atoms with Gasteiger partial charge in [-0.1, -0.05) is 51.1 Å². The van der Waals surface area contributed by atoms with Crippen LogP contribution in [-0.4, -0.2) is 26.7 Å². The Hall–Kier alpha value is -3.61. The molecule has 2 aromatic carbocycles. The molecule has 0 bridgehead atoms. The third-order valence-corrected chi connectivity index (χ3v) is 4.23. The van der Waals surface area contributed by atoms with Gasteiger partial charge in [-0.3, -0.25) is 20.4 Å². The molecule has 1 aromatic heterocycles. The second-order valence-corrected chi connectivity index (χ2v) is 7.38. The number of nitrogens with one attached hydrogen (secondary N) is 2. The lowest BCUT2D eigenvalue weighted by atomic mass is 9.87. The Balaban J connectivity index is 1.66. The number of amides is 2. The Bertz CT molecular complexity index is 987. The number of para-hydroxylation sites is 1. The third kappa shape index (κ3) is 4.20. The summed E-state index contributed by atoms with van der Waals surface area (Å²) in [6.45, 7) is 6.26. The van der Waals surface area contributed by atoms with E-state index in [-0.39, 0.29) is 16.9 Å². The van der Waals surface area contributed by atoms with Gasteiger partial charge in [0.1, 0.15) is 0 Å². The van der Waals surface area contributed by atoms with Crippen molar-refractivity contribution in [2.75, 3.05) is 0 Å². The van der Waals surface area contributed by atoms with Gasteiger partial charge >= 0.3 is 0 Å². The van der Waals surface area contributed by atoms with Crippen LogP contribution < -0.4 is 10.9 Å². The molecule has 0 aliphatic carbocycles. The maximum atomic E-state index is 12.3. The number of hydrazine groups is 1. The van der Waals surface area contributed by atoms with E-state index in [2.05, 4.69) is 36.7 Å². The van der Waals surface area contributed by atoms with Crippen molar-refractivity contribution in [3.8, 4) is 11.4 Å². The average Bonchev–Trinajstić information content (AvgIpc) is 3.08. The first kappa shape index (κ1) is 19.2. The van der Waals surface area contributed by atoms with Gasteiger partial charge < -0.3 is 5.11 Å². The van der Waals surface area contributed by atoms with Crippen LogP contribution in [-0.2, 0) is 5.41 Å². The van der Waals surface area contributed by atoms with E-state index in [4.69, 9.17) is 0 Å². The molecule has 0 saturated carbocycles. The summed E-state index contributed by atoms with van der Waals surface area (Å²) in [7, 11) is 0. The molecule has 0 spiro atoms. The van der Waals surface area contributed by atoms with Crippen LogP contribution in [0.25, 0.3) is 5.69 Å². The van der Waals surface area contributed by atoms with Gasteiger partial charge in [0.05, 0.1) is 11.9 Å². The fourth-order valence-electron chi connectivity index (χ4n) is 2.61. The van der Waals surface area contributed by atoms with Gasteiger partial charge in [0, 0.05) is 5.56 Å². The number of carbonyl (C=O) groups excluding carboxylic acids is 2. The highest BCUT2D eigenvalue weighted by atomic mass is 16.3. The molecule has 3 N–H and O–H groups in total. The van der Waals surface area contributed by atoms with Crippen molar-refractivity contribution >= 4 is 11.8 Å². The number of hydrogen-bond acceptors (Lipinski definition) is 4. The normalized spacial score (nSPS) is 11.1. The molecule has 0 radical (unpaired) electrons. The SMILES string of the molecule is CC(C)(C)c1ccc(C(=O)NNC(=O)c2nn(-c3ccccc3)cc2O)cc1. The third-order valence-electron chi connectivity index (χ3n) is 4.23. The standard InChI is InChI=1S/C21H22N4O3/c1-21(2,3)15-11-9-14(10-12-15)19(27)22-23-20(28)18-17(26)13-25(24-18)16-7-5-4-6-8-16/h4-13,26H,1-3H3,(H,22,27)(H,23,28). The molecule has 0 aliphatic rings. The highest BCUT2D eigenvalue weighted by Crippen LogP contribution is 2.22. The smallest absolute Gasteiger partial charge is 0.294 e. The van der Waals surface area contributed by atoms with Crippen molar-refractivity contribution in [1.29, 1.82) is 0 Å². The molecule has 2 amide bonds. The molecule has 3 aromatic rings. The second-order valence-electron chi connectivity index (χ2n) is 7.38. The maximum absolute atomic E-state index is 12.3. The topological polar surface area (TPSA) is 96.3 Å². The number of aromatic hydroxyl groups is 1. The van der Waals surface area contributed by atoms with Crippen LogP contribution in [0.15, 0.2) is 60.8 Å². The molecule has 1 heterocycles. The van der Waals surface area contributed by atoms with E-state index in [1.807, 2.05) is 30.3 Å². The molecule has 7 nitrogen and oxygen atoms in total. The Kier molecular flexibility index (Phi) is 5.17. The maximum Gasteiger partial charge on any atom is 0.294 e. The minimum absolute atomic E-state index is 0.0155. The summed E-state index contributed by atoms with van der Waals surface area (Å²) in [5.74, 6) is -1.47. The lowest BCUT2D eigenvalue weighted by molar-refractivity contribution is 0.0842. The van der Waals surface area contributed by atoms with Crippen molar-refractivity contribution in [3.05, 3.63) is 77.6 Å². The summed E-state index contributed by atoms with van der Waals surface area (Å²) in [6.07, 6.45) is 1.33. The number of benzene rings is 2. The first-order valence-corrected chi connectivity index (χ1v) is 8.81. The zero-order valence-electron chi connectivity index (χ0n) is 15.9. The fourth-order valence-corrected chi connectivity index (χ4v) is 2.61. The number of hydrogen-bond donors (Lipinski definition) is 3. The summed E-state index contributed by atoms with van der Waals surface area (Å²) < 4.78 is 1.39. The van der Waals surface area contributed by atoms with E-state index in [0.717, 1.165) is 5.56 Å². The molecule has 0 atom stereocenters. The number of rotatable bonds is 3. The summed E-state index contributed by atoms with van der Waals surface area (Å²) in [5, 5.41) is 14.1. The van der Waals surface area contributed by atoms with Gasteiger partial charge in [0.15, 0.2) is 11.4 Å². The number of aromatic nitrogens is 2. The van der Waals surface area contributed by atoms with Gasteiger partial charge in [-0.2, -0.15) is 5.10 Å². The quantitative estimate of drug-likeness (QED) is 0.611. The summed E-state index contributed by atoms with van der Waals surface area (Å²) in [5.41, 5.74) is 6.61. The molecule has 0 unspecified atom stereocenters. The Morgan fingerprint density at radius 2 is 1.54 bits per heavy atom. The molecule has 0 fully saturated rings. The van der Waals surface area contributed by atoms with Crippen LogP contribution in [0.5, 0.6) is 5.75 Å². The minimum Gasteiger partial charge on any atom is -0.504 e. The van der Waals surface area contributed by atoms with E-state index < -0.39 is 11.8 Å². The van der Waals surface area contributed by atoms with Gasteiger partial charge in [0.2, 0.25) is 0 Å². The van der Waals surface area contributed by atoms with Gasteiger partial charge in [-0.15, -0.1) is 0 Å². The lowest BCUT2D eigenvalue weighted by Crippen LogP contribution is -2.41. The Labute approximate surface area is 163 Å². The summed E-state index contributed by atoms with van der Waals surface area (Å²) >= 11 is 0. The predicted molar refractivity (Wildman–Crippen MR) is 105 cm³/mol. The zero-order valence-corrected chi connectivity index (χ0v) is 15.9. The van der Waals surface area contributed by atoms with Crippen molar-refractivity contribution < 1.29 is 14.7 Å². The van der Waals surface area contributed by atoms with Crippen LogP contribution in [0.2, 0.25) is 0 Å². The monoisotopic (exact) mass is 378 g/mol. The molecule has 144 valence electrons. The van der Waals surface area contributed by atoms with Crippen molar-refractivity contribution in [2.45, 2.75) is 26.2 Å².